The average Bonchev–Trinajstić information content (AvgIpc) is 2.91. The minimum absolute atomic E-state index is 0.0769. The second-order valence-electron chi connectivity index (χ2n) is 3.88. The Labute approximate surface area is 114 Å². The molecule has 0 atom stereocenters. The van der Waals surface area contributed by atoms with Crippen LogP contribution >= 0.6 is 11.6 Å². The molecule has 7 nitrogen and oxygen atoms in total. The van der Waals surface area contributed by atoms with Crippen molar-refractivity contribution in [3.8, 4) is 0 Å². The fraction of sp³-hybridized carbons (Fsp3) is 0.364. The monoisotopic (exact) mass is 283 g/mol. The first kappa shape index (κ1) is 13.6. The Kier molecular flexibility index (Phi) is 4.53. The summed E-state index contributed by atoms with van der Waals surface area (Å²) in [4.78, 5) is 18.7. The standard InChI is InChI=1S/C11H14ClN5O2/c12-10-9(6-16-17(3-4-18)11(10)19)14-2-1-8-5-13-7-15-8/h5-7,14,18H,1-4H2,(H,13,15). The number of anilines is 1. The molecule has 2 heterocycles. The van der Waals surface area contributed by atoms with E-state index in [1.54, 1.807) is 12.5 Å². The maximum atomic E-state index is 11.8. The largest absolute Gasteiger partial charge is 0.394 e. The van der Waals surface area contributed by atoms with E-state index >= 15 is 0 Å². The van der Waals surface area contributed by atoms with Gasteiger partial charge in [0.1, 0.15) is 5.02 Å². The van der Waals surface area contributed by atoms with E-state index in [9.17, 15) is 4.79 Å². The van der Waals surface area contributed by atoms with Crippen LogP contribution in [0.4, 0.5) is 5.69 Å². The topological polar surface area (TPSA) is 95.8 Å². The van der Waals surface area contributed by atoms with Gasteiger partial charge in [-0.3, -0.25) is 4.79 Å². The van der Waals surface area contributed by atoms with Gasteiger partial charge in [-0.2, -0.15) is 5.10 Å². The van der Waals surface area contributed by atoms with Crippen LogP contribution in [0.1, 0.15) is 5.69 Å². The SMILES string of the molecule is O=c1c(Cl)c(NCCc2cnc[nH]2)cnn1CCO. The number of aromatic nitrogens is 4. The first-order valence-electron chi connectivity index (χ1n) is 5.80. The summed E-state index contributed by atoms with van der Waals surface area (Å²) in [6.07, 6.45) is 5.56. The van der Waals surface area contributed by atoms with E-state index in [4.69, 9.17) is 16.7 Å². The molecule has 0 saturated heterocycles. The molecule has 0 unspecified atom stereocenters. The van der Waals surface area contributed by atoms with Crippen LogP contribution in [0, 0.1) is 0 Å². The van der Waals surface area contributed by atoms with E-state index in [1.165, 1.54) is 6.20 Å². The summed E-state index contributed by atoms with van der Waals surface area (Å²) in [6.45, 7) is 0.579. The first-order valence-corrected chi connectivity index (χ1v) is 6.17. The normalized spacial score (nSPS) is 10.6. The van der Waals surface area contributed by atoms with Crippen molar-refractivity contribution in [3.05, 3.63) is 39.8 Å². The van der Waals surface area contributed by atoms with Gasteiger partial charge in [-0.05, 0) is 0 Å². The van der Waals surface area contributed by atoms with Gasteiger partial charge in [0.05, 0.1) is 31.4 Å². The van der Waals surface area contributed by atoms with Crippen molar-refractivity contribution < 1.29 is 5.11 Å². The lowest BCUT2D eigenvalue weighted by Crippen LogP contribution is -2.25. The Hall–Kier alpha value is -1.86. The maximum absolute atomic E-state index is 11.8. The van der Waals surface area contributed by atoms with E-state index in [1.807, 2.05) is 0 Å². The van der Waals surface area contributed by atoms with Gasteiger partial charge in [0.2, 0.25) is 0 Å². The molecule has 102 valence electrons. The number of H-pyrrole nitrogens is 1. The number of aliphatic hydroxyl groups is 1. The predicted octanol–water partition coefficient (Wildman–Crippen LogP) is 0.267. The molecule has 8 heteroatoms. The molecule has 0 radical (unpaired) electrons. The zero-order chi connectivity index (χ0) is 13.7. The molecule has 0 aliphatic heterocycles. The quantitative estimate of drug-likeness (QED) is 0.707. The molecule has 0 saturated carbocycles. The number of aliphatic hydroxyl groups excluding tert-OH is 1. The second kappa shape index (κ2) is 6.35. The number of halogens is 1. The van der Waals surface area contributed by atoms with Gasteiger partial charge in [0, 0.05) is 24.9 Å². The van der Waals surface area contributed by atoms with E-state index in [-0.39, 0.29) is 18.2 Å². The molecule has 0 aliphatic carbocycles. The Morgan fingerprint density at radius 3 is 3.00 bits per heavy atom. The van der Waals surface area contributed by atoms with Crippen LogP contribution in [-0.4, -0.2) is 38.0 Å². The summed E-state index contributed by atoms with van der Waals surface area (Å²) in [5.41, 5.74) is 1.06. The minimum atomic E-state index is -0.415. The van der Waals surface area contributed by atoms with Gasteiger partial charge in [0.15, 0.2) is 0 Å². The van der Waals surface area contributed by atoms with Crippen LogP contribution in [0.3, 0.4) is 0 Å². The third kappa shape index (κ3) is 3.33. The molecule has 2 aromatic heterocycles. The van der Waals surface area contributed by atoms with Crippen molar-refractivity contribution in [2.24, 2.45) is 0 Å². The van der Waals surface area contributed by atoms with Gasteiger partial charge < -0.3 is 15.4 Å². The van der Waals surface area contributed by atoms with E-state index in [0.717, 1.165) is 16.8 Å². The minimum Gasteiger partial charge on any atom is -0.394 e. The molecule has 2 aromatic rings. The Bertz CT molecular complexity index is 581. The van der Waals surface area contributed by atoms with Crippen molar-refractivity contribution in [3.63, 3.8) is 0 Å². The predicted molar refractivity (Wildman–Crippen MR) is 71.4 cm³/mol. The highest BCUT2D eigenvalue weighted by atomic mass is 35.5. The Morgan fingerprint density at radius 2 is 2.32 bits per heavy atom. The lowest BCUT2D eigenvalue weighted by Gasteiger charge is -2.09. The van der Waals surface area contributed by atoms with Gasteiger partial charge >= 0.3 is 0 Å². The van der Waals surface area contributed by atoms with Crippen LogP contribution in [0.25, 0.3) is 0 Å². The lowest BCUT2D eigenvalue weighted by atomic mass is 10.3. The second-order valence-corrected chi connectivity index (χ2v) is 4.26. The van der Waals surface area contributed by atoms with E-state index in [2.05, 4.69) is 20.4 Å². The van der Waals surface area contributed by atoms with Crippen LogP contribution in [0.15, 0.2) is 23.5 Å². The molecule has 0 aliphatic rings. The number of imidazole rings is 1. The van der Waals surface area contributed by atoms with Crippen molar-refractivity contribution in [2.75, 3.05) is 18.5 Å². The van der Waals surface area contributed by atoms with Crippen molar-refractivity contribution in [1.82, 2.24) is 19.7 Å². The summed E-state index contributed by atoms with van der Waals surface area (Å²) in [7, 11) is 0. The molecule has 0 fully saturated rings. The van der Waals surface area contributed by atoms with Gasteiger partial charge in [-0.15, -0.1) is 0 Å². The number of aromatic amines is 1. The summed E-state index contributed by atoms with van der Waals surface area (Å²) in [6, 6.07) is 0. The highest BCUT2D eigenvalue weighted by Gasteiger charge is 2.08. The number of hydrogen-bond donors (Lipinski definition) is 3. The molecular weight excluding hydrogens is 270 g/mol. The summed E-state index contributed by atoms with van der Waals surface area (Å²) in [5.74, 6) is 0. The van der Waals surface area contributed by atoms with Crippen LogP contribution < -0.4 is 10.9 Å². The van der Waals surface area contributed by atoms with Gasteiger partial charge in [0.25, 0.3) is 5.56 Å². The molecule has 2 rings (SSSR count). The fourth-order valence-electron chi connectivity index (χ4n) is 1.60. The Morgan fingerprint density at radius 1 is 1.47 bits per heavy atom. The highest BCUT2D eigenvalue weighted by Crippen LogP contribution is 2.14. The summed E-state index contributed by atoms with van der Waals surface area (Å²) >= 11 is 5.96. The first-order chi connectivity index (χ1) is 9.22. The van der Waals surface area contributed by atoms with Gasteiger partial charge in [-0.1, -0.05) is 11.6 Å². The van der Waals surface area contributed by atoms with Crippen molar-refractivity contribution >= 4 is 17.3 Å². The number of nitrogens with zero attached hydrogens (tertiary/aromatic N) is 3. The molecule has 19 heavy (non-hydrogen) atoms. The molecule has 0 aromatic carbocycles. The van der Waals surface area contributed by atoms with E-state index in [0.29, 0.717) is 12.2 Å². The number of rotatable bonds is 6. The van der Waals surface area contributed by atoms with E-state index < -0.39 is 5.56 Å². The maximum Gasteiger partial charge on any atom is 0.287 e. The molecule has 0 amide bonds. The highest BCUT2D eigenvalue weighted by molar-refractivity contribution is 6.32. The summed E-state index contributed by atoms with van der Waals surface area (Å²) < 4.78 is 1.13. The Balaban J connectivity index is 2.01. The average molecular weight is 284 g/mol. The number of hydrogen-bond acceptors (Lipinski definition) is 5. The number of nitrogens with one attached hydrogen (secondary N) is 2. The van der Waals surface area contributed by atoms with Crippen LogP contribution in [-0.2, 0) is 13.0 Å². The zero-order valence-corrected chi connectivity index (χ0v) is 10.9. The van der Waals surface area contributed by atoms with Crippen molar-refractivity contribution in [1.29, 1.82) is 0 Å². The van der Waals surface area contributed by atoms with Crippen LogP contribution in [0.5, 0.6) is 0 Å². The summed E-state index contributed by atoms with van der Waals surface area (Å²) in [5, 5.41) is 15.8. The smallest absolute Gasteiger partial charge is 0.287 e. The van der Waals surface area contributed by atoms with Crippen LogP contribution in [0.2, 0.25) is 5.02 Å². The third-order valence-corrected chi connectivity index (χ3v) is 2.93. The third-order valence-electron chi connectivity index (χ3n) is 2.56. The van der Waals surface area contributed by atoms with Gasteiger partial charge in [-0.25, -0.2) is 9.67 Å². The van der Waals surface area contributed by atoms with Crippen molar-refractivity contribution in [2.45, 2.75) is 13.0 Å². The molecule has 3 N–H and O–H groups in total. The zero-order valence-electron chi connectivity index (χ0n) is 10.1. The molecular formula is C11H14ClN5O2. The fourth-order valence-corrected chi connectivity index (χ4v) is 1.81. The molecule has 0 bridgehead atoms. The molecule has 0 spiro atoms. The lowest BCUT2D eigenvalue weighted by molar-refractivity contribution is 0.266.